The minimum atomic E-state index is -0.214. The van der Waals surface area contributed by atoms with E-state index in [9.17, 15) is 0 Å². The lowest BCUT2D eigenvalue weighted by Gasteiger charge is -2.39. The molecule has 292 valence electrons. The van der Waals surface area contributed by atoms with Gasteiger partial charge in [0.05, 0.1) is 12.1 Å². The summed E-state index contributed by atoms with van der Waals surface area (Å²) in [5, 5.41) is 8.59. The molecule has 0 N–H and O–H groups in total. The van der Waals surface area contributed by atoms with Crippen molar-refractivity contribution in [3.8, 4) is 22.3 Å². The van der Waals surface area contributed by atoms with Crippen LogP contribution in [-0.4, -0.2) is 12.1 Å². The number of nitrogens with zero attached hydrogens (tertiary/aromatic N) is 2. The van der Waals surface area contributed by atoms with E-state index in [1.165, 1.54) is 38.0 Å². The van der Waals surface area contributed by atoms with Crippen molar-refractivity contribution in [3.63, 3.8) is 0 Å². The van der Waals surface area contributed by atoms with E-state index in [2.05, 4.69) is 210 Å². The molecule has 9 aromatic rings. The third-order valence-corrected chi connectivity index (χ3v) is 12.5. The highest BCUT2D eigenvalue weighted by molar-refractivity contribution is 6.14. The molecule has 9 aromatic carbocycles. The fourth-order valence-electron chi connectivity index (χ4n) is 9.85. The maximum Gasteiger partial charge on any atom is 0.131 e. The Balaban J connectivity index is 1.28. The van der Waals surface area contributed by atoms with Crippen LogP contribution in [0, 0.1) is 5.82 Å². The molecule has 0 saturated carbocycles. The molecule has 0 bridgehead atoms. The van der Waals surface area contributed by atoms with E-state index in [-0.39, 0.29) is 17.9 Å². The number of fused-ring (bicyclic) bond motifs is 4. The summed E-state index contributed by atoms with van der Waals surface area (Å²) in [6, 6.07) is 66.3. The molecule has 0 amide bonds. The zero-order valence-electron chi connectivity index (χ0n) is 33.7. The van der Waals surface area contributed by atoms with Gasteiger partial charge in [-0.3, -0.25) is 0 Å². The Kier molecular flexibility index (Phi) is 9.35. The van der Waals surface area contributed by atoms with Crippen molar-refractivity contribution in [2.45, 2.75) is 24.9 Å². The van der Waals surface area contributed by atoms with Crippen molar-refractivity contribution in [1.82, 2.24) is 0 Å². The molecule has 0 heterocycles. The van der Waals surface area contributed by atoms with Crippen molar-refractivity contribution in [3.05, 3.63) is 229 Å². The number of hydrogen-bond donors (Lipinski definition) is 0. The second-order valence-corrected chi connectivity index (χ2v) is 16.0. The standard InChI is InChI=1S/C58H43FN2/c59-56-33-17-29-48-49(56)30-16-32-51(48)58-53-37-35-45(60(41-20-5-1-6-21-41)42-22-7-2-8-23-42)38-54(53)57(50-31-15-19-40-18-13-14-28-47(40)50)52-36-34-46(39-55(52)58)61(43-24-9-3-10-25-43)44-26-11-4-12-27-44/h1-22,24-34,36-39,42,45H,23,35H2. The Bertz CT molecular complexity index is 3240. The Morgan fingerprint density at radius 1 is 0.426 bits per heavy atom. The monoisotopic (exact) mass is 786 g/mol. The third kappa shape index (κ3) is 6.50. The number of anilines is 4. The van der Waals surface area contributed by atoms with Crippen molar-refractivity contribution in [1.29, 1.82) is 0 Å². The van der Waals surface area contributed by atoms with E-state index in [1.807, 2.05) is 18.2 Å². The zero-order chi connectivity index (χ0) is 40.7. The maximum absolute atomic E-state index is 15.8. The van der Waals surface area contributed by atoms with Gasteiger partial charge in [0.2, 0.25) is 0 Å². The predicted molar refractivity (Wildman–Crippen MR) is 257 cm³/mol. The molecule has 0 fully saturated rings. The molecule has 3 heteroatoms. The lowest BCUT2D eigenvalue weighted by atomic mass is 9.83. The highest BCUT2D eigenvalue weighted by atomic mass is 19.1. The van der Waals surface area contributed by atoms with Crippen LogP contribution in [0.5, 0.6) is 0 Å². The summed E-state index contributed by atoms with van der Waals surface area (Å²) in [5.41, 5.74) is 8.95. The smallest absolute Gasteiger partial charge is 0.131 e. The zero-order valence-corrected chi connectivity index (χ0v) is 33.7. The van der Waals surface area contributed by atoms with Crippen LogP contribution in [0.25, 0.3) is 66.7 Å². The summed E-state index contributed by atoms with van der Waals surface area (Å²) in [7, 11) is 0. The molecule has 2 nitrogen and oxygen atoms in total. The molecule has 0 radical (unpaired) electrons. The van der Waals surface area contributed by atoms with E-state index in [0.717, 1.165) is 57.2 Å². The number of hydrogen-bond acceptors (Lipinski definition) is 2. The highest BCUT2D eigenvalue weighted by Gasteiger charge is 2.28. The van der Waals surface area contributed by atoms with Gasteiger partial charge in [-0.15, -0.1) is 0 Å². The molecular formula is C58H43FN2. The largest absolute Gasteiger partial charge is 0.358 e. The second kappa shape index (κ2) is 15.6. The van der Waals surface area contributed by atoms with Crippen molar-refractivity contribution < 1.29 is 4.39 Å². The SMILES string of the molecule is Fc1cccc2c(-c3c4c(c(-c5cccc6ccccc56)c5ccc(N(c6ccccc6)c6ccccc6)cc35)=CC(N(c3ccccc3)C3C=CC=CC3)CC=4)cccc12. The summed E-state index contributed by atoms with van der Waals surface area (Å²) < 4.78 is 15.8. The molecule has 11 rings (SSSR count). The van der Waals surface area contributed by atoms with Crippen LogP contribution >= 0.6 is 0 Å². The predicted octanol–water partition coefficient (Wildman–Crippen LogP) is 13.8. The number of halogens is 1. The second-order valence-electron chi connectivity index (χ2n) is 16.0. The third-order valence-electron chi connectivity index (χ3n) is 12.5. The number of benzene rings is 9. The van der Waals surface area contributed by atoms with Gasteiger partial charge in [0, 0.05) is 28.1 Å². The minimum Gasteiger partial charge on any atom is -0.358 e. The van der Waals surface area contributed by atoms with E-state index < -0.39 is 0 Å². The molecule has 0 saturated heterocycles. The normalized spacial score (nSPS) is 15.6. The van der Waals surface area contributed by atoms with E-state index in [0.29, 0.717) is 5.39 Å². The maximum atomic E-state index is 15.8. The van der Waals surface area contributed by atoms with Crippen LogP contribution in [0.15, 0.2) is 212 Å². The van der Waals surface area contributed by atoms with Gasteiger partial charge >= 0.3 is 0 Å². The molecule has 0 spiro atoms. The molecular weight excluding hydrogens is 744 g/mol. The minimum absolute atomic E-state index is 0.0750. The van der Waals surface area contributed by atoms with Gasteiger partial charge in [-0.25, -0.2) is 4.39 Å². The van der Waals surface area contributed by atoms with Gasteiger partial charge < -0.3 is 9.80 Å². The van der Waals surface area contributed by atoms with Crippen LogP contribution in [-0.2, 0) is 0 Å². The first kappa shape index (κ1) is 36.6. The topological polar surface area (TPSA) is 6.48 Å². The average molecular weight is 787 g/mol. The van der Waals surface area contributed by atoms with Crippen molar-refractivity contribution in [2.75, 3.05) is 9.80 Å². The Morgan fingerprint density at radius 2 is 1.03 bits per heavy atom. The lowest BCUT2D eigenvalue weighted by molar-refractivity contribution is 0.639. The molecule has 2 unspecified atom stereocenters. The summed E-state index contributed by atoms with van der Waals surface area (Å²) in [6.45, 7) is 0. The first-order valence-electron chi connectivity index (χ1n) is 21.3. The van der Waals surface area contributed by atoms with Gasteiger partial charge in [-0.2, -0.15) is 0 Å². The van der Waals surface area contributed by atoms with Crippen LogP contribution in [0.1, 0.15) is 12.8 Å². The first-order valence-corrected chi connectivity index (χ1v) is 21.3. The Labute approximate surface area is 355 Å². The number of allylic oxidation sites excluding steroid dienone is 2. The average Bonchev–Trinajstić information content (AvgIpc) is 3.32. The summed E-state index contributed by atoms with van der Waals surface area (Å²) in [4.78, 5) is 4.93. The van der Waals surface area contributed by atoms with Crippen LogP contribution in [0.4, 0.5) is 27.1 Å². The van der Waals surface area contributed by atoms with E-state index in [4.69, 9.17) is 0 Å². The van der Waals surface area contributed by atoms with Gasteiger partial charge in [0.25, 0.3) is 0 Å². The van der Waals surface area contributed by atoms with Crippen LogP contribution < -0.4 is 20.2 Å². The highest BCUT2D eigenvalue weighted by Crippen LogP contribution is 2.42. The van der Waals surface area contributed by atoms with Gasteiger partial charge in [0.1, 0.15) is 5.82 Å². The van der Waals surface area contributed by atoms with Gasteiger partial charge in [0.15, 0.2) is 0 Å². The Morgan fingerprint density at radius 3 is 1.77 bits per heavy atom. The number of rotatable bonds is 8. The Hall–Kier alpha value is -7.49. The molecule has 0 aliphatic heterocycles. The first-order chi connectivity index (χ1) is 30.2. The summed E-state index contributed by atoms with van der Waals surface area (Å²) in [6.07, 6.45) is 15.7. The summed E-state index contributed by atoms with van der Waals surface area (Å²) in [5.74, 6) is -0.214. The lowest BCUT2D eigenvalue weighted by Crippen LogP contribution is -2.46. The molecule has 2 atom stereocenters. The molecule has 61 heavy (non-hydrogen) atoms. The van der Waals surface area contributed by atoms with Crippen LogP contribution in [0.3, 0.4) is 0 Å². The van der Waals surface area contributed by atoms with Crippen LogP contribution in [0.2, 0.25) is 0 Å². The van der Waals surface area contributed by atoms with Gasteiger partial charge in [-0.05, 0) is 127 Å². The van der Waals surface area contributed by atoms with E-state index >= 15 is 4.39 Å². The van der Waals surface area contributed by atoms with Crippen molar-refractivity contribution in [2.24, 2.45) is 0 Å². The fraction of sp³-hybridized carbons (Fsp3) is 0.0690. The van der Waals surface area contributed by atoms with Gasteiger partial charge in [-0.1, -0.05) is 170 Å². The fourth-order valence-corrected chi connectivity index (χ4v) is 9.85. The molecule has 0 aromatic heterocycles. The molecule has 2 aliphatic carbocycles. The number of para-hydroxylation sites is 3. The molecule has 2 aliphatic rings. The quantitative estimate of drug-likeness (QED) is 0.151. The van der Waals surface area contributed by atoms with Crippen molar-refractivity contribution >= 4 is 67.2 Å². The summed E-state index contributed by atoms with van der Waals surface area (Å²) >= 11 is 0. The van der Waals surface area contributed by atoms with E-state index in [1.54, 1.807) is 6.07 Å².